The molecule has 0 aliphatic heterocycles. The maximum absolute atomic E-state index is 12.7. The van der Waals surface area contributed by atoms with Gasteiger partial charge in [-0.15, -0.1) is 0 Å². The molecule has 0 atom stereocenters. The van der Waals surface area contributed by atoms with Gasteiger partial charge in [0.25, 0.3) is 0 Å². The van der Waals surface area contributed by atoms with Gasteiger partial charge in [-0.1, -0.05) is 58.0 Å². The molecule has 0 radical (unpaired) electrons. The molecule has 13 heteroatoms. The van der Waals surface area contributed by atoms with Crippen molar-refractivity contribution in [3.63, 3.8) is 0 Å². The Hall–Kier alpha value is -3.01. The Bertz CT molecular complexity index is 1420. The van der Waals surface area contributed by atoms with Crippen LogP contribution in [0, 0.1) is 0 Å². The Morgan fingerprint density at radius 3 is 1.79 bits per heavy atom. The third kappa shape index (κ3) is 9.30. The second kappa shape index (κ2) is 13.4. The smallest absolute Gasteiger partial charge is 0.417 e. The van der Waals surface area contributed by atoms with E-state index in [2.05, 4.69) is 10.6 Å². The molecule has 3 N–H and O–H groups in total. The van der Waals surface area contributed by atoms with Gasteiger partial charge in [0.05, 0.1) is 15.6 Å². The molecule has 0 unspecified atom stereocenters. The second-order valence-corrected chi connectivity index (χ2v) is 9.69. The van der Waals surface area contributed by atoms with E-state index in [0.717, 1.165) is 12.1 Å². The maximum Gasteiger partial charge on any atom is 0.417 e. The number of amides is 2. The van der Waals surface area contributed by atoms with Crippen LogP contribution in [0.4, 0.5) is 29.3 Å². The molecule has 0 aliphatic rings. The standard InChI is InChI=1S/C14H9Cl2F3N2O.C12H7Cl3O2/c15-8-1-3-9(4-2-8)20-13(22)21-10-5-6-12(16)11(7-10)14(17,18)19;13-7-1-3-11(9(15)5-7)17-12-4-2-8(14)6-10(12)16/h1-7H,(H2,20,21,22);1-6,16H. The summed E-state index contributed by atoms with van der Waals surface area (Å²) in [5.74, 6) is 0.635. The number of rotatable bonds is 4. The minimum Gasteiger partial charge on any atom is -0.504 e. The summed E-state index contributed by atoms with van der Waals surface area (Å²) in [7, 11) is 0. The maximum atomic E-state index is 12.7. The number of phenols is 1. The van der Waals surface area contributed by atoms with Crippen LogP contribution in [0.3, 0.4) is 0 Å². The Morgan fingerprint density at radius 2 is 1.21 bits per heavy atom. The highest BCUT2D eigenvalue weighted by Crippen LogP contribution is 2.37. The molecular weight excluding hydrogens is 623 g/mol. The van der Waals surface area contributed by atoms with Gasteiger partial charge in [-0.2, -0.15) is 13.2 Å². The van der Waals surface area contributed by atoms with E-state index >= 15 is 0 Å². The van der Waals surface area contributed by atoms with E-state index in [-0.39, 0.29) is 17.2 Å². The third-order valence-electron chi connectivity index (χ3n) is 4.67. The molecule has 39 heavy (non-hydrogen) atoms. The first-order chi connectivity index (χ1) is 18.3. The summed E-state index contributed by atoms with van der Waals surface area (Å²) in [5, 5.41) is 15.8. The highest BCUT2D eigenvalue weighted by atomic mass is 35.5. The largest absolute Gasteiger partial charge is 0.504 e. The molecule has 0 spiro atoms. The highest BCUT2D eigenvalue weighted by Gasteiger charge is 2.33. The minimum atomic E-state index is -4.60. The van der Waals surface area contributed by atoms with Gasteiger partial charge in [0.2, 0.25) is 0 Å². The van der Waals surface area contributed by atoms with E-state index in [1.807, 2.05) is 0 Å². The third-order valence-corrected chi connectivity index (χ3v) is 6.01. The van der Waals surface area contributed by atoms with Crippen molar-refractivity contribution in [2.24, 2.45) is 0 Å². The number of aromatic hydroxyl groups is 1. The van der Waals surface area contributed by atoms with Gasteiger partial charge < -0.3 is 20.5 Å². The quantitative estimate of drug-likeness (QED) is 0.208. The zero-order chi connectivity index (χ0) is 28.7. The van der Waals surface area contributed by atoms with Gasteiger partial charge in [0, 0.05) is 32.5 Å². The lowest BCUT2D eigenvalue weighted by molar-refractivity contribution is -0.137. The van der Waals surface area contributed by atoms with Gasteiger partial charge >= 0.3 is 12.2 Å². The monoisotopic (exact) mass is 636 g/mol. The van der Waals surface area contributed by atoms with E-state index in [9.17, 15) is 23.1 Å². The second-order valence-electron chi connectivity index (χ2n) is 7.57. The van der Waals surface area contributed by atoms with Crippen LogP contribution < -0.4 is 15.4 Å². The van der Waals surface area contributed by atoms with Crippen molar-refractivity contribution in [1.29, 1.82) is 0 Å². The zero-order valence-corrected chi connectivity index (χ0v) is 23.1. The Balaban J connectivity index is 0.000000223. The van der Waals surface area contributed by atoms with Crippen LogP contribution >= 0.6 is 58.0 Å². The molecule has 0 saturated carbocycles. The van der Waals surface area contributed by atoms with E-state index in [0.29, 0.717) is 31.5 Å². The van der Waals surface area contributed by atoms with Crippen molar-refractivity contribution in [3.8, 4) is 17.2 Å². The van der Waals surface area contributed by atoms with E-state index < -0.39 is 22.8 Å². The van der Waals surface area contributed by atoms with Gasteiger partial charge in [0.1, 0.15) is 5.75 Å². The number of ether oxygens (including phenoxy) is 1. The molecule has 0 aliphatic carbocycles. The Labute approximate surface area is 246 Å². The van der Waals surface area contributed by atoms with Crippen LogP contribution in [0.5, 0.6) is 17.2 Å². The molecule has 0 saturated heterocycles. The average molecular weight is 639 g/mol. The van der Waals surface area contributed by atoms with Gasteiger partial charge in [-0.3, -0.25) is 0 Å². The Morgan fingerprint density at radius 1 is 0.667 bits per heavy atom. The fraction of sp³-hybridized carbons (Fsp3) is 0.0385. The number of benzene rings is 4. The SMILES string of the molecule is O=C(Nc1ccc(Cl)cc1)Nc1ccc(Cl)c(C(F)(F)F)c1.Oc1cc(Cl)ccc1Oc1ccc(Cl)cc1Cl. The molecule has 0 fully saturated rings. The molecule has 4 aromatic carbocycles. The summed E-state index contributed by atoms with van der Waals surface area (Å²) in [6, 6.07) is 18.1. The van der Waals surface area contributed by atoms with Crippen LogP contribution in [-0.4, -0.2) is 11.1 Å². The lowest BCUT2D eigenvalue weighted by atomic mass is 10.2. The summed E-state index contributed by atoms with van der Waals surface area (Å²) < 4.78 is 43.6. The predicted octanol–water partition coefficient (Wildman–Crippen LogP) is 10.8. The topological polar surface area (TPSA) is 70.6 Å². The van der Waals surface area contributed by atoms with E-state index in [1.54, 1.807) is 54.6 Å². The zero-order valence-electron chi connectivity index (χ0n) is 19.3. The van der Waals surface area contributed by atoms with Gasteiger partial charge in [-0.25, -0.2) is 4.79 Å². The van der Waals surface area contributed by atoms with Crippen molar-refractivity contribution in [2.75, 3.05) is 10.6 Å². The van der Waals surface area contributed by atoms with Crippen LogP contribution in [0.1, 0.15) is 5.56 Å². The Kier molecular flexibility index (Phi) is 10.5. The predicted molar refractivity (Wildman–Crippen MR) is 150 cm³/mol. The molecule has 4 aromatic rings. The summed E-state index contributed by atoms with van der Waals surface area (Å²) in [5.41, 5.74) is -0.589. The number of hydrogen-bond donors (Lipinski definition) is 3. The first-order valence-corrected chi connectivity index (χ1v) is 12.5. The van der Waals surface area contributed by atoms with Crippen LogP contribution in [0.25, 0.3) is 0 Å². The molecule has 2 amide bonds. The first kappa shape index (κ1) is 30.5. The van der Waals surface area contributed by atoms with Crippen LogP contribution in [0.15, 0.2) is 78.9 Å². The normalized spacial score (nSPS) is 10.8. The number of alkyl halides is 3. The van der Waals surface area contributed by atoms with Gasteiger partial charge in [0.15, 0.2) is 11.5 Å². The summed E-state index contributed by atoms with van der Waals surface area (Å²) in [6.07, 6.45) is -4.60. The van der Waals surface area contributed by atoms with E-state index in [4.69, 9.17) is 62.7 Å². The first-order valence-electron chi connectivity index (χ1n) is 10.6. The average Bonchev–Trinajstić information content (AvgIpc) is 2.85. The number of urea groups is 1. The summed E-state index contributed by atoms with van der Waals surface area (Å²) >= 11 is 28.6. The fourth-order valence-corrected chi connectivity index (χ4v) is 3.86. The fourth-order valence-electron chi connectivity index (χ4n) is 2.90. The van der Waals surface area contributed by atoms with Gasteiger partial charge in [-0.05, 0) is 72.8 Å². The van der Waals surface area contributed by atoms with Crippen molar-refractivity contribution >= 4 is 75.4 Å². The molecule has 204 valence electrons. The summed E-state index contributed by atoms with van der Waals surface area (Å²) in [6.45, 7) is 0. The highest BCUT2D eigenvalue weighted by molar-refractivity contribution is 6.35. The van der Waals surface area contributed by atoms with Crippen LogP contribution in [0.2, 0.25) is 25.1 Å². The molecule has 0 aromatic heterocycles. The molecule has 0 bridgehead atoms. The van der Waals surface area contributed by atoms with Crippen LogP contribution in [-0.2, 0) is 6.18 Å². The summed E-state index contributed by atoms with van der Waals surface area (Å²) in [4.78, 5) is 11.7. The van der Waals surface area contributed by atoms with Crippen molar-refractivity contribution in [3.05, 3.63) is 110 Å². The number of carbonyl (C=O) groups is 1. The molecule has 0 heterocycles. The van der Waals surface area contributed by atoms with Crippen molar-refractivity contribution in [1.82, 2.24) is 0 Å². The number of hydrogen-bond acceptors (Lipinski definition) is 3. The number of phenolic OH excluding ortho intramolecular Hbond substituents is 1. The lowest BCUT2D eigenvalue weighted by Crippen LogP contribution is -2.19. The van der Waals surface area contributed by atoms with Crippen molar-refractivity contribution in [2.45, 2.75) is 6.18 Å². The van der Waals surface area contributed by atoms with Crippen molar-refractivity contribution < 1.29 is 27.8 Å². The molecular formula is C26H16Cl5F3N2O3. The molecule has 4 rings (SSSR count). The number of carbonyl (C=O) groups excluding carboxylic acids is 1. The minimum absolute atomic E-state index is 0.0248. The number of nitrogens with one attached hydrogen (secondary N) is 2. The number of anilines is 2. The molecule has 5 nitrogen and oxygen atoms in total. The number of halogens is 8. The lowest BCUT2D eigenvalue weighted by Gasteiger charge is -2.12. The van der Waals surface area contributed by atoms with E-state index in [1.165, 1.54) is 12.1 Å².